The lowest BCUT2D eigenvalue weighted by molar-refractivity contribution is -0.915. The number of aromatic nitrogens is 1. The Bertz CT molecular complexity index is 1140. The fraction of sp³-hybridized carbons (Fsp3) is 0.200. The Morgan fingerprint density at radius 3 is 2.53 bits per heavy atom. The second-order valence-electron chi connectivity index (χ2n) is 7.75. The SMILES string of the molecule is Cc1ccc(C)c(NC(=O)[C@@H](c2ccccc2)[NH+](C)Cc2nc3ccccc3s2)c1. The zero-order valence-corrected chi connectivity index (χ0v) is 18.3. The van der Waals surface area contributed by atoms with Crippen LogP contribution in [0.1, 0.15) is 27.7 Å². The molecule has 0 aliphatic rings. The number of para-hydroxylation sites is 1. The van der Waals surface area contributed by atoms with Crippen molar-refractivity contribution in [3.8, 4) is 0 Å². The van der Waals surface area contributed by atoms with Crippen LogP contribution in [-0.4, -0.2) is 17.9 Å². The predicted octanol–water partition coefficient (Wildman–Crippen LogP) is 4.31. The van der Waals surface area contributed by atoms with Crippen LogP contribution in [0.5, 0.6) is 0 Å². The van der Waals surface area contributed by atoms with E-state index < -0.39 is 0 Å². The van der Waals surface area contributed by atoms with Crippen LogP contribution in [0, 0.1) is 13.8 Å². The molecular formula is C25H26N3OS+. The van der Waals surface area contributed by atoms with Crippen LogP contribution in [0.4, 0.5) is 5.69 Å². The molecule has 0 spiro atoms. The van der Waals surface area contributed by atoms with Crippen molar-refractivity contribution in [3.05, 3.63) is 94.5 Å². The molecule has 30 heavy (non-hydrogen) atoms. The van der Waals surface area contributed by atoms with Crippen molar-refractivity contribution < 1.29 is 9.69 Å². The van der Waals surface area contributed by atoms with Crippen LogP contribution >= 0.6 is 11.3 Å². The zero-order valence-electron chi connectivity index (χ0n) is 17.5. The first-order valence-corrected chi connectivity index (χ1v) is 10.9. The van der Waals surface area contributed by atoms with E-state index >= 15 is 0 Å². The molecule has 4 rings (SSSR count). The highest BCUT2D eigenvalue weighted by molar-refractivity contribution is 7.18. The largest absolute Gasteiger partial charge is 0.320 e. The fourth-order valence-corrected chi connectivity index (χ4v) is 4.78. The molecule has 1 aromatic heterocycles. The number of aryl methyl sites for hydroxylation is 2. The Labute approximate surface area is 181 Å². The van der Waals surface area contributed by atoms with Gasteiger partial charge in [0.25, 0.3) is 5.91 Å². The number of thiazole rings is 1. The van der Waals surface area contributed by atoms with Crippen LogP contribution in [0.2, 0.25) is 0 Å². The number of likely N-dealkylation sites (N-methyl/N-ethyl adjacent to an activating group) is 1. The van der Waals surface area contributed by atoms with Crippen molar-refractivity contribution in [2.24, 2.45) is 0 Å². The Kier molecular flexibility index (Phi) is 5.93. The Morgan fingerprint density at radius 2 is 1.77 bits per heavy atom. The standard InChI is InChI=1S/C25H25N3OS/c1-17-13-14-18(2)21(15-17)27-25(29)24(19-9-5-4-6-10-19)28(3)16-23-26-20-11-7-8-12-22(20)30-23/h4-15,24H,16H2,1-3H3,(H,27,29)/p+1/t24-/m1/s1. The Hall–Kier alpha value is -3.02. The van der Waals surface area contributed by atoms with E-state index in [2.05, 4.69) is 24.5 Å². The van der Waals surface area contributed by atoms with E-state index in [-0.39, 0.29) is 11.9 Å². The first kappa shape index (κ1) is 20.3. The van der Waals surface area contributed by atoms with E-state index in [0.717, 1.165) is 37.8 Å². The van der Waals surface area contributed by atoms with Crippen LogP contribution in [0.25, 0.3) is 10.2 Å². The number of carbonyl (C=O) groups excluding carboxylic acids is 1. The maximum atomic E-state index is 13.4. The van der Waals surface area contributed by atoms with Gasteiger partial charge in [-0.15, -0.1) is 11.3 Å². The molecule has 3 aromatic carbocycles. The van der Waals surface area contributed by atoms with Crippen LogP contribution in [0.3, 0.4) is 0 Å². The molecule has 152 valence electrons. The Balaban J connectivity index is 1.62. The summed E-state index contributed by atoms with van der Waals surface area (Å²) in [5.41, 5.74) is 5.07. The number of fused-ring (bicyclic) bond motifs is 1. The maximum Gasteiger partial charge on any atom is 0.287 e. The quantitative estimate of drug-likeness (QED) is 0.492. The summed E-state index contributed by atoms with van der Waals surface area (Å²) in [6.07, 6.45) is 0. The van der Waals surface area contributed by atoms with Crippen LogP contribution in [-0.2, 0) is 11.3 Å². The molecule has 4 nitrogen and oxygen atoms in total. The molecule has 0 radical (unpaired) electrons. The van der Waals surface area contributed by atoms with Gasteiger partial charge in [-0.25, -0.2) is 4.98 Å². The van der Waals surface area contributed by atoms with E-state index in [1.807, 2.05) is 74.5 Å². The third-order valence-electron chi connectivity index (χ3n) is 5.31. The second-order valence-corrected chi connectivity index (χ2v) is 8.86. The number of carbonyl (C=O) groups is 1. The molecular weight excluding hydrogens is 390 g/mol. The van der Waals surface area contributed by atoms with Gasteiger partial charge in [0.05, 0.1) is 17.3 Å². The van der Waals surface area contributed by atoms with Gasteiger partial charge in [-0.3, -0.25) is 4.79 Å². The fourth-order valence-electron chi connectivity index (χ4n) is 3.72. The molecule has 4 aromatic rings. The summed E-state index contributed by atoms with van der Waals surface area (Å²) < 4.78 is 1.18. The number of benzene rings is 3. The lowest BCUT2D eigenvalue weighted by Crippen LogP contribution is -3.09. The Morgan fingerprint density at radius 1 is 1.03 bits per heavy atom. The summed E-state index contributed by atoms with van der Waals surface area (Å²) >= 11 is 1.69. The summed E-state index contributed by atoms with van der Waals surface area (Å²) in [6, 6.07) is 24.0. The molecule has 1 amide bonds. The predicted molar refractivity (Wildman–Crippen MR) is 124 cm³/mol. The van der Waals surface area contributed by atoms with Gasteiger partial charge in [-0.1, -0.05) is 54.6 Å². The summed E-state index contributed by atoms with van der Waals surface area (Å²) in [5.74, 6) is -0.00601. The van der Waals surface area contributed by atoms with Gasteiger partial charge in [-0.05, 0) is 43.2 Å². The third-order valence-corrected chi connectivity index (χ3v) is 6.34. The molecule has 1 unspecified atom stereocenters. The second kappa shape index (κ2) is 8.78. The minimum absolute atomic E-state index is 0.00601. The lowest BCUT2D eigenvalue weighted by Gasteiger charge is -2.24. The van der Waals surface area contributed by atoms with Crippen molar-refractivity contribution in [2.45, 2.75) is 26.4 Å². The topological polar surface area (TPSA) is 46.4 Å². The summed E-state index contributed by atoms with van der Waals surface area (Å²) in [5, 5.41) is 4.20. The third kappa shape index (κ3) is 4.42. The summed E-state index contributed by atoms with van der Waals surface area (Å²) in [6.45, 7) is 4.73. The summed E-state index contributed by atoms with van der Waals surface area (Å²) in [7, 11) is 2.06. The van der Waals surface area contributed by atoms with Gasteiger partial charge in [0.15, 0.2) is 6.04 Å². The average molecular weight is 417 g/mol. The zero-order chi connectivity index (χ0) is 21.1. The first-order chi connectivity index (χ1) is 14.5. The monoisotopic (exact) mass is 416 g/mol. The van der Waals surface area contributed by atoms with Crippen molar-refractivity contribution >= 4 is 33.1 Å². The van der Waals surface area contributed by atoms with Crippen molar-refractivity contribution in [1.82, 2.24) is 4.98 Å². The minimum atomic E-state index is -0.335. The molecule has 0 saturated heterocycles. The van der Waals surface area contributed by atoms with Crippen LogP contribution < -0.4 is 10.2 Å². The number of nitrogens with zero attached hydrogens (tertiary/aromatic N) is 1. The highest BCUT2D eigenvalue weighted by Crippen LogP contribution is 2.22. The van der Waals surface area contributed by atoms with Crippen LogP contribution in [0.15, 0.2) is 72.8 Å². The van der Waals surface area contributed by atoms with Gasteiger partial charge in [0, 0.05) is 11.3 Å². The van der Waals surface area contributed by atoms with Gasteiger partial charge >= 0.3 is 0 Å². The smallest absolute Gasteiger partial charge is 0.287 e. The number of hydrogen-bond donors (Lipinski definition) is 2. The molecule has 0 aliphatic carbocycles. The lowest BCUT2D eigenvalue weighted by atomic mass is 10.0. The van der Waals surface area contributed by atoms with E-state index in [0.29, 0.717) is 6.54 Å². The van der Waals surface area contributed by atoms with Crippen molar-refractivity contribution in [1.29, 1.82) is 0 Å². The van der Waals surface area contributed by atoms with Crippen molar-refractivity contribution in [3.63, 3.8) is 0 Å². The summed E-state index contributed by atoms with van der Waals surface area (Å²) in [4.78, 5) is 19.3. The molecule has 0 aliphatic heterocycles. The number of anilines is 1. The normalized spacial score (nSPS) is 13.2. The molecule has 0 saturated carbocycles. The van der Waals surface area contributed by atoms with E-state index in [1.54, 1.807) is 11.3 Å². The van der Waals surface area contributed by atoms with Gasteiger partial charge in [-0.2, -0.15) is 0 Å². The van der Waals surface area contributed by atoms with Gasteiger partial charge < -0.3 is 10.2 Å². The number of rotatable bonds is 6. The molecule has 1 heterocycles. The van der Waals surface area contributed by atoms with E-state index in [1.165, 1.54) is 4.70 Å². The highest BCUT2D eigenvalue weighted by Gasteiger charge is 2.30. The molecule has 2 atom stereocenters. The van der Waals surface area contributed by atoms with Gasteiger partial charge in [0.1, 0.15) is 11.6 Å². The van der Waals surface area contributed by atoms with E-state index in [9.17, 15) is 4.79 Å². The highest BCUT2D eigenvalue weighted by atomic mass is 32.1. The molecule has 2 N–H and O–H groups in total. The maximum absolute atomic E-state index is 13.4. The van der Waals surface area contributed by atoms with E-state index in [4.69, 9.17) is 4.98 Å². The molecule has 5 heteroatoms. The number of quaternary nitrogens is 1. The number of nitrogens with one attached hydrogen (secondary N) is 2. The average Bonchev–Trinajstić information content (AvgIpc) is 3.14. The van der Waals surface area contributed by atoms with Crippen molar-refractivity contribution in [2.75, 3.05) is 12.4 Å². The molecule has 0 bridgehead atoms. The number of hydrogen-bond acceptors (Lipinski definition) is 3. The molecule has 0 fully saturated rings. The number of amides is 1. The minimum Gasteiger partial charge on any atom is -0.320 e. The first-order valence-electron chi connectivity index (χ1n) is 10.1. The van der Waals surface area contributed by atoms with Gasteiger partial charge in [0.2, 0.25) is 0 Å².